The first-order chi connectivity index (χ1) is 6.93. The van der Waals surface area contributed by atoms with Gasteiger partial charge in [-0.25, -0.2) is 0 Å². The monoisotopic (exact) mass is 211 g/mol. The number of hydrogen-bond acceptors (Lipinski definition) is 1. The highest BCUT2D eigenvalue weighted by Crippen LogP contribution is 2.41. The lowest BCUT2D eigenvalue weighted by Gasteiger charge is -2.37. The van der Waals surface area contributed by atoms with Gasteiger partial charge in [-0.1, -0.05) is 40.5 Å². The van der Waals surface area contributed by atoms with Crippen LogP contribution in [-0.4, -0.2) is 6.54 Å². The normalized spacial score (nSPS) is 30.2. The Morgan fingerprint density at radius 1 is 1.13 bits per heavy atom. The Bertz CT molecular complexity index is 172. The number of nitrogens with two attached hydrogens (primary N) is 1. The van der Waals surface area contributed by atoms with E-state index in [-0.39, 0.29) is 0 Å². The van der Waals surface area contributed by atoms with Crippen LogP contribution in [-0.2, 0) is 0 Å². The summed E-state index contributed by atoms with van der Waals surface area (Å²) in [6.45, 7) is 10.3. The largest absolute Gasteiger partial charge is 0.330 e. The third-order valence-electron chi connectivity index (χ3n) is 4.21. The first-order valence-electron chi connectivity index (χ1n) is 6.63. The predicted octanol–water partition coefficient (Wildman–Crippen LogP) is 3.82. The fraction of sp³-hybridized carbons (Fsp3) is 1.00. The molecule has 1 unspecified atom stereocenters. The van der Waals surface area contributed by atoms with Crippen molar-refractivity contribution in [3.63, 3.8) is 0 Å². The third-order valence-corrected chi connectivity index (χ3v) is 4.21. The lowest BCUT2D eigenvalue weighted by molar-refractivity contribution is 0.140. The van der Waals surface area contributed by atoms with Gasteiger partial charge >= 0.3 is 0 Å². The van der Waals surface area contributed by atoms with Crippen LogP contribution in [0.3, 0.4) is 0 Å². The van der Waals surface area contributed by atoms with Gasteiger partial charge in [0.15, 0.2) is 0 Å². The van der Waals surface area contributed by atoms with Crippen LogP contribution in [0.5, 0.6) is 0 Å². The SMILES string of the molecule is CC(CN)CC1CCC(C(C)(C)C)CC1. The van der Waals surface area contributed by atoms with Gasteiger partial charge in [0.2, 0.25) is 0 Å². The number of hydrogen-bond donors (Lipinski definition) is 1. The summed E-state index contributed by atoms with van der Waals surface area (Å²) in [5.41, 5.74) is 6.20. The molecule has 1 fully saturated rings. The fourth-order valence-corrected chi connectivity index (χ4v) is 2.93. The molecular formula is C14H29N. The lowest BCUT2D eigenvalue weighted by Crippen LogP contribution is -2.27. The highest BCUT2D eigenvalue weighted by Gasteiger charge is 2.29. The van der Waals surface area contributed by atoms with Crippen molar-refractivity contribution in [2.45, 2.75) is 59.8 Å². The highest BCUT2D eigenvalue weighted by molar-refractivity contribution is 4.81. The molecule has 0 bridgehead atoms. The van der Waals surface area contributed by atoms with E-state index in [0.29, 0.717) is 5.41 Å². The zero-order valence-corrected chi connectivity index (χ0v) is 11.1. The van der Waals surface area contributed by atoms with E-state index in [1.165, 1.54) is 32.1 Å². The molecule has 1 heteroatoms. The molecular weight excluding hydrogens is 182 g/mol. The van der Waals surface area contributed by atoms with E-state index in [1.54, 1.807) is 0 Å². The molecule has 0 aliphatic heterocycles. The third kappa shape index (κ3) is 4.14. The Kier molecular flexibility index (Phi) is 4.64. The van der Waals surface area contributed by atoms with Gasteiger partial charge in [-0.2, -0.15) is 0 Å². The Labute approximate surface area is 95.8 Å². The summed E-state index contributed by atoms with van der Waals surface area (Å²) in [6.07, 6.45) is 7.10. The summed E-state index contributed by atoms with van der Waals surface area (Å²) in [5.74, 6) is 2.63. The molecule has 0 aromatic carbocycles. The number of rotatable bonds is 3. The van der Waals surface area contributed by atoms with Gasteiger partial charge in [0.05, 0.1) is 0 Å². The van der Waals surface area contributed by atoms with Crippen molar-refractivity contribution in [1.29, 1.82) is 0 Å². The summed E-state index contributed by atoms with van der Waals surface area (Å²) in [5, 5.41) is 0. The summed E-state index contributed by atoms with van der Waals surface area (Å²) >= 11 is 0. The van der Waals surface area contributed by atoms with Crippen LogP contribution in [0, 0.1) is 23.2 Å². The molecule has 2 N–H and O–H groups in total. The standard InChI is InChI=1S/C14H29N/c1-11(10-15)9-12-5-7-13(8-6-12)14(2,3)4/h11-13H,5-10,15H2,1-4H3. The molecule has 0 spiro atoms. The Morgan fingerprint density at radius 2 is 1.67 bits per heavy atom. The average Bonchev–Trinajstić information content (AvgIpc) is 2.17. The van der Waals surface area contributed by atoms with Crippen molar-refractivity contribution >= 4 is 0 Å². The van der Waals surface area contributed by atoms with E-state index in [9.17, 15) is 0 Å². The maximum Gasteiger partial charge on any atom is -0.00514 e. The van der Waals surface area contributed by atoms with Crippen LogP contribution in [0.1, 0.15) is 59.8 Å². The minimum Gasteiger partial charge on any atom is -0.330 e. The molecule has 1 aliphatic carbocycles. The van der Waals surface area contributed by atoms with Crippen molar-refractivity contribution in [3.8, 4) is 0 Å². The summed E-state index contributed by atoms with van der Waals surface area (Å²) < 4.78 is 0. The van der Waals surface area contributed by atoms with Gasteiger partial charge in [0.25, 0.3) is 0 Å². The van der Waals surface area contributed by atoms with Gasteiger partial charge in [-0.3, -0.25) is 0 Å². The molecule has 0 radical (unpaired) electrons. The van der Waals surface area contributed by atoms with Crippen LogP contribution < -0.4 is 5.73 Å². The van der Waals surface area contributed by atoms with E-state index in [2.05, 4.69) is 27.7 Å². The topological polar surface area (TPSA) is 26.0 Å². The maximum absolute atomic E-state index is 5.69. The van der Waals surface area contributed by atoms with Crippen LogP contribution in [0.15, 0.2) is 0 Å². The van der Waals surface area contributed by atoms with E-state index >= 15 is 0 Å². The van der Waals surface area contributed by atoms with E-state index in [4.69, 9.17) is 5.73 Å². The van der Waals surface area contributed by atoms with Crippen LogP contribution in [0.4, 0.5) is 0 Å². The van der Waals surface area contributed by atoms with Crippen molar-refractivity contribution in [2.75, 3.05) is 6.54 Å². The zero-order valence-electron chi connectivity index (χ0n) is 11.1. The first-order valence-corrected chi connectivity index (χ1v) is 6.63. The second-order valence-corrected chi connectivity index (χ2v) is 6.66. The molecule has 1 aliphatic rings. The smallest absolute Gasteiger partial charge is 0.00514 e. The van der Waals surface area contributed by atoms with Crippen molar-refractivity contribution < 1.29 is 0 Å². The van der Waals surface area contributed by atoms with E-state index in [0.717, 1.165) is 24.3 Å². The summed E-state index contributed by atoms with van der Waals surface area (Å²) in [4.78, 5) is 0. The van der Waals surface area contributed by atoms with Gasteiger partial charge in [0.1, 0.15) is 0 Å². The minimum atomic E-state index is 0.518. The van der Waals surface area contributed by atoms with Crippen molar-refractivity contribution in [2.24, 2.45) is 28.9 Å². The summed E-state index contributed by atoms with van der Waals surface area (Å²) in [7, 11) is 0. The van der Waals surface area contributed by atoms with Gasteiger partial charge in [0, 0.05) is 0 Å². The molecule has 1 atom stereocenters. The Balaban J connectivity index is 2.30. The predicted molar refractivity (Wildman–Crippen MR) is 67.7 cm³/mol. The second kappa shape index (κ2) is 5.34. The molecule has 0 aromatic heterocycles. The molecule has 0 heterocycles. The minimum absolute atomic E-state index is 0.518. The highest BCUT2D eigenvalue weighted by atomic mass is 14.5. The molecule has 0 aromatic rings. The van der Waals surface area contributed by atoms with Gasteiger partial charge in [-0.15, -0.1) is 0 Å². The molecule has 1 nitrogen and oxygen atoms in total. The maximum atomic E-state index is 5.69. The van der Waals surface area contributed by atoms with Crippen molar-refractivity contribution in [1.82, 2.24) is 0 Å². The fourth-order valence-electron chi connectivity index (χ4n) is 2.93. The van der Waals surface area contributed by atoms with Crippen LogP contribution >= 0.6 is 0 Å². The first kappa shape index (κ1) is 13.0. The second-order valence-electron chi connectivity index (χ2n) is 6.66. The Morgan fingerprint density at radius 3 is 2.07 bits per heavy atom. The van der Waals surface area contributed by atoms with E-state index in [1.807, 2.05) is 0 Å². The van der Waals surface area contributed by atoms with Crippen LogP contribution in [0.25, 0.3) is 0 Å². The molecule has 0 saturated heterocycles. The molecule has 15 heavy (non-hydrogen) atoms. The quantitative estimate of drug-likeness (QED) is 0.754. The van der Waals surface area contributed by atoms with Crippen LogP contribution in [0.2, 0.25) is 0 Å². The van der Waals surface area contributed by atoms with Gasteiger partial charge < -0.3 is 5.73 Å². The molecule has 1 saturated carbocycles. The van der Waals surface area contributed by atoms with Crippen molar-refractivity contribution in [3.05, 3.63) is 0 Å². The molecule has 90 valence electrons. The zero-order chi connectivity index (χ0) is 11.5. The summed E-state index contributed by atoms with van der Waals surface area (Å²) in [6, 6.07) is 0. The van der Waals surface area contributed by atoms with E-state index < -0.39 is 0 Å². The Hall–Kier alpha value is -0.0400. The molecule has 1 rings (SSSR count). The molecule has 0 amide bonds. The average molecular weight is 211 g/mol. The lowest BCUT2D eigenvalue weighted by atomic mass is 9.68. The van der Waals surface area contributed by atoms with Gasteiger partial charge in [-0.05, 0) is 49.0 Å².